The quantitative estimate of drug-likeness (QED) is 0.677. The second-order valence-electron chi connectivity index (χ2n) is 7.00. The number of amides is 1. The molecule has 0 N–H and O–H groups in total. The maximum absolute atomic E-state index is 12.4. The van der Waals surface area contributed by atoms with Crippen molar-refractivity contribution in [3.05, 3.63) is 58.6 Å². The van der Waals surface area contributed by atoms with E-state index in [9.17, 15) is 9.59 Å². The number of benzene rings is 2. The minimum Gasteiger partial charge on any atom is -0.496 e. The number of piperazine rings is 1. The number of halogens is 1. The third-order valence-electron chi connectivity index (χ3n) is 4.93. The van der Waals surface area contributed by atoms with Crippen LogP contribution in [0.5, 0.6) is 5.75 Å². The molecule has 1 fully saturated rings. The molecule has 154 valence electrons. The summed E-state index contributed by atoms with van der Waals surface area (Å²) in [6.07, 6.45) is 0.0701. The Morgan fingerprint density at radius 3 is 2.52 bits per heavy atom. The fourth-order valence-corrected chi connectivity index (χ4v) is 3.56. The topological polar surface area (TPSA) is 59.1 Å². The van der Waals surface area contributed by atoms with Crippen LogP contribution in [0, 0.1) is 6.92 Å². The van der Waals surface area contributed by atoms with E-state index in [1.807, 2.05) is 49.4 Å². The minimum atomic E-state index is -0.445. The van der Waals surface area contributed by atoms with E-state index >= 15 is 0 Å². The van der Waals surface area contributed by atoms with Crippen molar-refractivity contribution >= 4 is 29.2 Å². The summed E-state index contributed by atoms with van der Waals surface area (Å²) < 4.78 is 10.5. The second kappa shape index (κ2) is 9.65. The fraction of sp³-hybridized carbons (Fsp3) is 0.364. The van der Waals surface area contributed by atoms with Crippen LogP contribution in [0.2, 0.25) is 5.02 Å². The maximum atomic E-state index is 12.4. The number of hydrogen-bond donors (Lipinski definition) is 0. The lowest BCUT2D eigenvalue weighted by Crippen LogP contribution is -2.50. The summed E-state index contributed by atoms with van der Waals surface area (Å²) in [6.45, 7) is 4.27. The predicted molar refractivity (Wildman–Crippen MR) is 113 cm³/mol. The Labute approximate surface area is 176 Å². The molecule has 3 rings (SSSR count). The average Bonchev–Trinajstić information content (AvgIpc) is 2.72. The zero-order valence-corrected chi connectivity index (χ0v) is 17.4. The molecule has 2 aromatic rings. The number of esters is 1. The molecule has 1 amide bonds. The van der Waals surface area contributed by atoms with Crippen LogP contribution >= 0.6 is 11.6 Å². The number of hydrogen-bond acceptors (Lipinski definition) is 5. The SMILES string of the molecule is COc1ccc(C)cc1CC(=O)OCC(=O)N1CCN(c2cccc(Cl)c2)CC1. The van der Waals surface area contributed by atoms with Gasteiger partial charge >= 0.3 is 5.97 Å². The molecule has 0 bridgehead atoms. The number of carbonyl (C=O) groups excluding carboxylic acids is 2. The second-order valence-corrected chi connectivity index (χ2v) is 7.44. The van der Waals surface area contributed by atoms with Crippen LogP contribution in [0.1, 0.15) is 11.1 Å². The lowest BCUT2D eigenvalue weighted by Gasteiger charge is -2.36. The smallest absolute Gasteiger partial charge is 0.310 e. The Hall–Kier alpha value is -2.73. The Morgan fingerprint density at radius 2 is 1.83 bits per heavy atom. The number of carbonyl (C=O) groups is 2. The first-order valence-corrected chi connectivity index (χ1v) is 9.91. The zero-order valence-electron chi connectivity index (χ0n) is 16.7. The molecule has 0 aromatic heterocycles. The first-order valence-electron chi connectivity index (χ1n) is 9.53. The number of ether oxygens (including phenoxy) is 2. The fourth-order valence-electron chi connectivity index (χ4n) is 3.37. The van der Waals surface area contributed by atoms with Crippen LogP contribution in [0.4, 0.5) is 5.69 Å². The van der Waals surface area contributed by atoms with Crippen LogP contribution in [-0.2, 0) is 20.7 Å². The van der Waals surface area contributed by atoms with Crippen molar-refractivity contribution in [3.63, 3.8) is 0 Å². The molecule has 2 aromatic carbocycles. The molecule has 1 saturated heterocycles. The Morgan fingerprint density at radius 1 is 1.07 bits per heavy atom. The standard InChI is InChI=1S/C22H25ClN2O4/c1-16-6-7-20(28-2)17(12-16)13-22(27)29-15-21(26)25-10-8-24(9-11-25)19-5-3-4-18(23)14-19/h3-7,12,14H,8-11,13,15H2,1-2H3. The van der Waals surface area contributed by atoms with Gasteiger partial charge in [0.25, 0.3) is 5.91 Å². The average molecular weight is 417 g/mol. The lowest BCUT2D eigenvalue weighted by molar-refractivity contribution is -0.151. The van der Waals surface area contributed by atoms with E-state index in [2.05, 4.69) is 4.90 Å². The van der Waals surface area contributed by atoms with Crippen molar-refractivity contribution in [1.82, 2.24) is 4.90 Å². The molecular weight excluding hydrogens is 392 g/mol. The summed E-state index contributed by atoms with van der Waals surface area (Å²) >= 11 is 6.05. The first-order chi connectivity index (χ1) is 14.0. The van der Waals surface area contributed by atoms with E-state index in [1.54, 1.807) is 12.0 Å². The predicted octanol–water partition coefficient (Wildman–Crippen LogP) is 3.09. The van der Waals surface area contributed by atoms with Crippen LogP contribution in [0.3, 0.4) is 0 Å². The maximum Gasteiger partial charge on any atom is 0.310 e. The highest BCUT2D eigenvalue weighted by Crippen LogP contribution is 2.22. The molecule has 1 aliphatic heterocycles. The van der Waals surface area contributed by atoms with Crippen LogP contribution < -0.4 is 9.64 Å². The number of nitrogens with zero attached hydrogens (tertiary/aromatic N) is 2. The Kier molecular flexibility index (Phi) is 6.99. The summed E-state index contributed by atoms with van der Waals surface area (Å²) in [5.74, 6) is 0.0103. The van der Waals surface area contributed by atoms with Gasteiger partial charge in [0.1, 0.15) is 5.75 Å². The highest BCUT2D eigenvalue weighted by atomic mass is 35.5. The van der Waals surface area contributed by atoms with Crippen LogP contribution in [-0.4, -0.2) is 56.7 Å². The largest absolute Gasteiger partial charge is 0.496 e. The molecular formula is C22H25ClN2O4. The lowest BCUT2D eigenvalue weighted by atomic mass is 10.1. The molecule has 0 atom stereocenters. The van der Waals surface area contributed by atoms with E-state index in [-0.39, 0.29) is 18.9 Å². The van der Waals surface area contributed by atoms with Crippen molar-refractivity contribution in [3.8, 4) is 5.75 Å². The third-order valence-corrected chi connectivity index (χ3v) is 5.17. The van der Waals surface area contributed by atoms with Crippen molar-refractivity contribution in [2.75, 3.05) is 44.8 Å². The molecule has 29 heavy (non-hydrogen) atoms. The van der Waals surface area contributed by atoms with Gasteiger partial charge in [0.2, 0.25) is 0 Å². The summed E-state index contributed by atoms with van der Waals surface area (Å²) in [5.41, 5.74) is 2.82. The zero-order chi connectivity index (χ0) is 20.8. The molecule has 0 unspecified atom stereocenters. The summed E-state index contributed by atoms with van der Waals surface area (Å²) in [4.78, 5) is 28.5. The number of anilines is 1. The third kappa shape index (κ3) is 5.64. The monoisotopic (exact) mass is 416 g/mol. The first kappa shape index (κ1) is 21.0. The van der Waals surface area contributed by atoms with E-state index in [0.29, 0.717) is 37.0 Å². The van der Waals surface area contributed by atoms with Gasteiger partial charge in [0.15, 0.2) is 6.61 Å². The molecule has 0 spiro atoms. The van der Waals surface area contributed by atoms with Gasteiger partial charge < -0.3 is 19.3 Å². The van der Waals surface area contributed by atoms with Gasteiger partial charge in [-0.05, 0) is 31.2 Å². The summed E-state index contributed by atoms with van der Waals surface area (Å²) in [5, 5.41) is 0.693. The van der Waals surface area contributed by atoms with Crippen molar-refractivity contribution in [2.24, 2.45) is 0 Å². The molecule has 0 saturated carbocycles. The van der Waals surface area contributed by atoms with E-state index in [0.717, 1.165) is 16.8 Å². The van der Waals surface area contributed by atoms with Crippen LogP contribution in [0.15, 0.2) is 42.5 Å². The molecule has 1 aliphatic rings. The number of methoxy groups -OCH3 is 1. The van der Waals surface area contributed by atoms with E-state index in [1.165, 1.54) is 0 Å². The van der Waals surface area contributed by atoms with Gasteiger partial charge in [0.05, 0.1) is 13.5 Å². The van der Waals surface area contributed by atoms with Gasteiger partial charge in [-0.2, -0.15) is 0 Å². The Bertz CT molecular complexity index is 879. The molecule has 1 heterocycles. The molecule has 6 nitrogen and oxygen atoms in total. The number of aryl methyl sites for hydroxylation is 1. The molecule has 0 aliphatic carbocycles. The van der Waals surface area contributed by atoms with Crippen molar-refractivity contribution < 1.29 is 19.1 Å². The normalized spacial score (nSPS) is 13.9. The molecule has 0 radical (unpaired) electrons. The van der Waals surface area contributed by atoms with Gasteiger partial charge in [-0.15, -0.1) is 0 Å². The van der Waals surface area contributed by atoms with Gasteiger partial charge in [0, 0.05) is 42.5 Å². The van der Waals surface area contributed by atoms with E-state index < -0.39 is 5.97 Å². The van der Waals surface area contributed by atoms with Crippen molar-refractivity contribution in [2.45, 2.75) is 13.3 Å². The Balaban J connectivity index is 1.46. The van der Waals surface area contributed by atoms with E-state index in [4.69, 9.17) is 21.1 Å². The molecule has 7 heteroatoms. The number of rotatable bonds is 6. The summed E-state index contributed by atoms with van der Waals surface area (Å²) in [7, 11) is 1.56. The highest BCUT2D eigenvalue weighted by Gasteiger charge is 2.22. The van der Waals surface area contributed by atoms with Gasteiger partial charge in [-0.25, -0.2) is 0 Å². The van der Waals surface area contributed by atoms with Gasteiger partial charge in [-0.3, -0.25) is 9.59 Å². The van der Waals surface area contributed by atoms with Crippen molar-refractivity contribution in [1.29, 1.82) is 0 Å². The van der Waals surface area contributed by atoms with Crippen LogP contribution in [0.25, 0.3) is 0 Å². The highest BCUT2D eigenvalue weighted by molar-refractivity contribution is 6.30. The summed E-state index contributed by atoms with van der Waals surface area (Å²) in [6, 6.07) is 13.3. The minimum absolute atomic E-state index is 0.0701. The van der Waals surface area contributed by atoms with Gasteiger partial charge in [-0.1, -0.05) is 35.4 Å².